The quantitative estimate of drug-likeness (QED) is 0.549. The number of nitrogens with zero attached hydrogens (tertiary/aromatic N) is 1. The van der Waals surface area contributed by atoms with E-state index in [1.807, 2.05) is 0 Å². The predicted octanol–water partition coefficient (Wildman–Crippen LogP) is 0.505. The number of sulfonamides is 1. The molecule has 0 spiro atoms. The third-order valence-corrected chi connectivity index (χ3v) is 3.78. The molecule has 0 saturated carbocycles. The Labute approximate surface area is 99.4 Å². The van der Waals surface area contributed by atoms with E-state index in [0.717, 1.165) is 5.52 Å². The molecule has 0 fully saturated rings. The number of hydrazine groups is 1. The molecular weight excluding hydrogens is 240 g/mol. The Morgan fingerprint density at radius 1 is 1.35 bits per heavy atom. The molecule has 0 amide bonds. The van der Waals surface area contributed by atoms with E-state index < -0.39 is 10.0 Å². The van der Waals surface area contributed by atoms with Crippen molar-refractivity contribution in [1.29, 1.82) is 0 Å². The minimum absolute atomic E-state index is 0.188. The Balaban J connectivity index is 2.60. The molecule has 2 rings (SSSR count). The molecule has 0 saturated heterocycles. The van der Waals surface area contributed by atoms with Gasteiger partial charge in [-0.15, -0.1) is 4.83 Å². The maximum absolute atomic E-state index is 12.0. The third-order valence-electron chi connectivity index (χ3n) is 2.26. The first kappa shape index (κ1) is 11.9. The molecule has 1 aromatic carbocycles. The molecule has 4 N–H and O–H groups in total. The number of benzene rings is 1. The molecule has 0 aliphatic heterocycles. The first-order valence-electron chi connectivity index (χ1n) is 4.96. The van der Waals surface area contributed by atoms with Crippen molar-refractivity contribution in [3.8, 4) is 0 Å². The summed E-state index contributed by atoms with van der Waals surface area (Å²) >= 11 is 0. The number of rotatable bonds is 3. The zero-order valence-corrected chi connectivity index (χ0v) is 10.4. The van der Waals surface area contributed by atoms with Gasteiger partial charge < -0.3 is 10.7 Å². The molecule has 1 heterocycles. The van der Waals surface area contributed by atoms with Crippen molar-refractivity contribution in [2.24, 2.45) is 0 Å². The fraction of sp³-hybridized carbons (Fsp3) is 0.200. The van der Waals surface area contributed by atoms with Crippen molar-refractivity contribution in [1.82, 2.24) is 14.8 Å². The van der Waals surface area contributed by atoms with Crippen LogP contribution in [-0.2, 0) is 10.0 Å². The average molecular weight is 254 g/mol. The molecule has 92 valence electrons. The second-order valence-electron chi connectivity index (χ2n) is 3.95. The number of aromatic amines is 1. The summed E-state index contributed by atoms with van der Waals surface area (Å²) in [5.74, 6) is 0. The van der Waals surface area contributed by atoms with E-state index in [0.29, 0.717) is 11.1 Å². The van der Waals surface area contributed by atoms with Gasteiger partial charge in [-0.05, 0) is 18.2 Å². The smallest absolute Gasteiger partial charge is 0.255 e. The van der Waals surface area contributed by atoms with Crippen molar-refractivity contribution in [2.75, 3.05) is 19.8 Å². The fourth-order valence-corrected chi connectivity index (χ4v) is 2.88. The number of hydrogen-bond acceptors (Lipinski definition) is 4. The van der Waals surface area contributed by atoms with Crippen LogP contribution in [0.2, 0.25) is 0 Å². The molecule has 0 unspecified atom stereocenters. The number of nitrogens with one attached hydrogen (secondary N) is 2. The van der Waals surface area contributed by atoms with Crippen molar-refractivity contribution in [3.63, 3.8) is 0 Å². The number of H-pyrrole nitrogens is 1. The molecule has 1 aromatic heterocycles. The molecule has 17 heavy (non-hydrogen) atoms. The third kappa shape index (κ3) is 2.26. The highest BCUT2D eigenvalue weighted by molar-refractivity contribution is 7.89. The van der Waals surface area contributed by atoms with Crippen LogP contribution >= 0.6 is 0 Å². The molecule has 6 nitrogen and oxygen atoms in total. The van der Waals surface area contributed by atoms with Crippen LogP contribution in [0.4, 0.5) is 5.69 Å². The maximum Gasteiger partial charge on any atom is 0.255 e. The molecule has 0 aliphatic carbocycles. The predicted molar refractivity (Wildman–Crippen MR) is 66.7 cm³/mol. The summed E-state index contributed by atoms with van der Waals surface area (Å²) in [6, 6.07) is 5.10. The molecule has 2 aromatic rings. The number of fused-ring (bicyclic) bond motifs is 1. The van der Waals surface area contributed by atoms with Crippen molar-refractivity contribution < 1.29 is 8.42 Å². The van der Waals surface area contributed by atoms with Gasteiger partial charge in [0.25, 0.3) is 10.0 Å². The van der Waals surface area contributed by atoms with E-state index >= 15 is 0 Å². The number of nitrogen functional groups attached to an aromatic ring is 1. The highest BCUT2D eigenvalue weighted by atomic mass is 32.2. The van der Waals surface area contributed by atoms with E-state index in [1.54, 1.807) is 32.3 Å². The number of nitrogens with two attached hydrogens (primary N) is 1. The summed E-state index contributed by atoms with van der Waals surface area (Å²) in [6.07, 6.45) is 1.45. The Bertz CT molecular complexity index is 645. The monoisotopic (exact) mass is 254 g/mol. The first-order chi connectivity index (χ1) is 7.90. The van der Waals surface area contributed by atoms with Crippen LogP contribution in [0.1, 0.15) is 0 Å². The van der Waals surface area contributed by atoms with Gasteiger partial charge in [0.15, 0.2) is 0 Å². The summed E-state index contributed by atoms with van der Waals surface area (Å²) in [7, 11) is -0.347. The Kier molecular flexibility index (Phi) is 2.82. The van der Waals surface area contributed by atoms with Gasteiger partial charge in [-0.1, -0.05) is 0 Å². The van der Waals surface area contributed by atoms with E-state index in [1.165, 1.54) is 11.2 Å². The van der Waals surface area contributed by atoms with Gasteiger partial charge in [0.1, 0.15) is 4.90 Å². The van der Waals surface area contributed by atoms with Crippen LogP contribution in [0.25, 0.3) is 10.9 Å². The highest BCUT2D eigenvalue weighted by Gasteiger charge is 2.19. The topological polar surface area (TPSA) is 91.2 Å². The Hall–Kier alpha value is -1.57. The lowest BCUT2D eigenvalue weighted by molar-refractivity contribution is 0.364. The fourth-order valence-electron chi connectivity index (χ4n) is 1.62. The van der Waals surface area contributed by atoms with E-state index in [9.17, 15) is 8.42 Å². The van der Waals surface area contributed by atoms with Gasteiger partial charge in [-0.2, -0.15) is 0 Å². The lowest BCUT2D eigenvalue weighted by atomic mass is 10.2. The molecule has 0 radical (unpaired) electrons. The van der Waals surface area contributed by atoms with Crippen molar-refractivity contribution >= 4 is 26.6 Å². The van der Waals surface area contributed by atoms with Crippen molar-refractivity contribution in [2.45, 2.75) is 4.90 Å². The summed E-state index contributed by atoms with van der Waals surface area (Å²) in [4.78, 5) is 5.47. The zero-order valence-electron chi connectivity index (χ0n) is 9.56. The SMILES string of the molecule is CN(C)NS(=O)(=O)c1c[nH]c2ccc(N)cc12. The summed E-state index contributed by atoms with van der Waals surface area (Å²) in [6.45, 7) is 0. The lowest BCUT2D eigenvalue weighted by Crippen LogP contribution is -2.35. The summed E-state index contributed by atoms with van der Waals surface area (Å²) in [5, 5.41) is 1.96. The maximum atomic E-state index is 12.0. The van der Waals surface area contributed by atoms with Gasteiger partial charge in [-0.25, -0.2) is 13.4 Å². The second-order valence-corrected chi connectivity index (χ2v) is 5.58. The average Bonchev–Trinajstić information content (AvgIpc) is 2.58. The van der Waals surface area contributed by atoms with E-state index in [2.05, 4.69) is 9.82 Å². The van der Waals surface area contributed by atoms with Crippen molar-refractivity contribution in [3.05, 3.63) is 24.4 Å². The minimum atomic E-state index is -3.57. The number of hydrogen-bond donors (Lipinski definition) is 3. The molecule has 7 heteroatoms. The molecule has 0 bridgehead atoms. The van der Waals surface area contributed by atoms with Crippen LogP contribution in [0, 0.1) is 0 Å². The summed E-state index contributed by atoms with van der Waals surface area (Å²) < 4.78 is 24.0. The molecular formula is C10H14N4O2S. The van der Waals surface area contributed by atoms with E-state index in [4.69, 9.17) is 5.73 Å². The van der Waals surface area contributed by atoms with Gasteiger partial charge in [0.05, 0.1) is 0 Å². The largest absolute Gasteiger partial charge is 0.399 e. The van der Waals surface area contributed by atoms with Crippen LogP contribution in [0.15, 0.2) is 29.3 Å². The second kappa shape index (κ2) is 4.02. The van der Waals surface area contributed by atoms with Gasteiger partial charge in [-0.3, -0.25) is 0 Å². The Morgan fingerprint density at radius 2 is 2.06 bits per heavy atom. The first-order valence-corrected chi connectivity index (χ1v) is 6.45. The van der Waals surface area contributed by atoms with Gasteiger partial charge in [0.2, 0.25) is 0 Å². The number of aromatic nitrogens is 1. The molecule has 0 atom stereocenters. The van der Waals surface area contributed by atoms with Gasteiger partial charge in [0, 0.05) is 36.9 Å². The lowest BCUT2D eigenvalue weighted by Gasteiger charge is -2.11. The minimum Gasteiger partial charge on any atom is -0.399 e. The molecule has 0 aliphatic rings. The van der Waals surface area contributed by atoms with E-state index in [-0.39, 0.29) is 4.90 Å². The van der Waals surface area contributed by atoms with Crippen LogP contribution in [0.5, 0.6) is 0 Å². The van der Waals surface area contributed by atoms with Crippen LogP contribution in [-0.4, -0.2) is 32.5 Å². The summed E-state index contributed by atoms with van der Waals surface area (Å²) in [5.41, 5.74) is 6.92. The number of anilines is 1. The standard InChI is InChI=1S/C10H14N4O2S/c1-14(2)13-17(15,16)10-6-12-9-4-3-7(11)5-8(9)10/h3-6,12-13H,11H2,1-2H3. The van der Waals surface area contributed by atoms with Crippen LogP contribution in [0.3, 0.4) is 0 Å². The zero-order chi connectivity index (χ0) is 12.6. The van der Waals surface area contributed by atoms with Gasteiger partial charge >= 0.3 is 0 Å². The Morgan fingerprint density at radius 3 is 2.71 bits per heavy atom. The van der Waals surface area contributed by atoms with Crippen LogP contribution < -0.4 is 10.6 Å². The highest BCUT2D eigenvalue weighted by Crippen LogP contribution is 2.24. The normalized spacial score (nSPS) is 12.4.